The molecular weight excluding hydrogens is 383 g/mol. The van der Waals surface area contributed by atoms with Gasteiger partial charge in [0.1, 0.15) is 6.17 Å². The Morgan fingerprint density at radius 1 is 1.23 bits per heavy atom. The Bertz CT molecular complexity index is 976. The van der Waals surface area contributed by atoms with Crippen LogP contribution in [-0.4, -0.2) is 30.3 Å². The van der Waals surface area contributed by atoms with Gasteiger partial charge in [-0.3, -0.25) is 14.4 Å². The molecule has 5 aliphatic carbocycles. The number of fused-ring (bicyclic) bond motifs is 7. The zero-order valence-electron chi connectivity index (χ0n) is 18.1. The molecular formula is C25H29FO4. The van der Waals surface area contributed by atoms with Gasteiger partial charge in [-0.1, -0.05) is 31.6 Å². The zero-order valence-corrected chi connectivity index (χ0v) is 18.1. The van der Waals surface area contributed by atoms with E-state index in [1.54, 1.807) is 6.08 Å². The predicted octanol–water partition coefficient (Wildman–Crippen LogP) is 4.30. The Hall–Kier alpha value is -2.04. The van der Waals surface area contributed by atoms with Crippen molar-refractivity contribution in [3.63, 3.8) is 0 Å². The summed E-state index contributed by atoms with van der Waals surface area (Å²) in [5.41, 5.74) is 0.355. The number of hydrogen-bond acceptors (Lipinski definition) is 4. The van der Waals surface area contributed by atoms with Crippen molar-refractivity contribution in [3.05, 3.63) is 35.5 Å². The molecule has 5 rings (SSSR count). The number of ketones is 2. The Kier molecular flexibility index (Phi) is 3.85. The summed E-state index contributed by atoms with van der Waals surface area (Å²) in [7, 11) is 0. The summed E-state index contributed by atoms with van der Waals surface area (Å²) in [6.45, 7) is 7.53. The van der Waals surface area contributed by atoms with Gasteiger partial charge in [-0.2, -0.15) is 0 Å². The number of hydrogen-bond donors (Lipinski definition) is 0. The van der Waals surface area contributed by atoms with E-state index in [9.17, 15) is 14.4 Å². The summed E-state index contributed by atoms with van der Waals surface area (Å²) in [6, 6.07) is 0. The van der Waals surface area contributed by atoms with Crippen LogP contribution >= 0.6 is 0 Å². The van der Waals surface area contributed by atoms with Gasteiger partial charge in [0.15, 0.2) is 18.2 Å². The Morgan fingerprint density at radius 2 is 1.97 bits per heavy atom. The van der Waals surface area contributed by atoms with Crippen molar-refractivity contribution < 1.29 is 23.5 Å². The Morgan fingerprint density at radius 3 is 2.67 bits per heavy atom. The van der Waals surface area contributed by atoms with Gasteiger partial charge in [-0.25, -0.2) is 4.39 Å². The molecule has 30 heavy (non-hydrogen) atoms. The summed E-state index contributed by atoms with van der Waals surface area (Å²) < 4.78 is 20.4. The highest BCUT2D eigenvalue weighted by Gasteiger charge is 2.82. The van der Waals surface area contributed by atoms with Crippen molar-refractivity contribution in [2.24, 2.45) is 33.5 Å². The number of esters is 1. The first kappa shape index (κ1) is 19.9. The van der Waals surface area contributed by atoms with Crippen LogP contribution in [0.15, 0.2) is 35.5 Å². The molecule has 4 nitrogen and oxygen atoms in total. The van der Waals surface area contributed by atoms with Gasteiger partial charge < -0.3 is 4.74 Å². The summed E-state index contributed by atoms with van der Waals surface area (Å²) in [4.78, 5) is 36.5. The summed E-state index contributed by atoms with van der Waals surface area (Å²) in [5, 5.41) is 0. The van der Waals surface area contributed by atoms with Crippen molar-refractivity contribution >= 4 is 17.5 Å². The van der Waals surface area contributed by atoms with E-state index in [1.165, 1.54) is 18.6 Å². The third-order valence-electron chi connectivity index (χ3n) is 9.41. The van der Waals surface area contributed by atoms with Crippen LogP contribution in [0.4, 0.5) is 4.39 Å². The molecule has 0 aromatic rings. The van der Waals surface area contributed by atoms with Crippen LogP contribution < -0.4 is 0 Å². The van der Waals surface area contributed by atoms with Crippen molar-refractivity contribution in [2.45, 2.75) is 59.5 Å². The lowest BCUT2D eigenvalue weighted by Crippen LogP contribution is -2.49. The second-order valence-corrected chi connectivity index (χ2v) is 10.8. The maximum Gasteiger partial charge on any atom is 0.303 e. The molecule has 0 aromatic heterocycles. The fraction of sp³-hybridized carbons (Fsp3) is 0.640. The first-order valence-electron chi connectivity index (χ1n) is 11.0. The molecule has 7 atom stereocenters. The maximum atomic E-state index is 15.4. The molecule has 3 unspecified atom stereocenters. The van der Waals surface area contributed by atoms with E-state index < -0.39 is 23.0 Å². The van der Waals surface area contributed by atoms with Gasteiger partial charge in [-0.15, -0.1) is 0 Å². The van der Waals surface area contributed by atoms with Gasteiger partial charge in [0, 0.05) is 17.8 Å². The highest BCUT2D eigenvalue weighted by Crippen LogP contribution is 2.85. The van der Waals surface area contributed by atoms with E-state index in [0.717, 1.165) is 19.3 Å². The largest absolute Gasteiger partial charge is 0.458 e. The highest BCUT2D eigenvalue weighted by atomic mass is 19.1. The number of carbonyl (C=O) groups is 3. The number of halogens is 1. The van der Waals surface area contributed by atoms with E-state index >= 15 is 4.39 Å². The van der Waals surface area contributed by atoms with Crippen LogP contribution in [-0.2, 0) is 19.1 Å². The molecule has 5 aliphatic rings. The summed E-state index contributed by atoms with van der Waals surface area (Å²) >= 11 is 0. The van der Waals surface area contributed by atoms with Crippen molar-refractivity contribution in [1.29, 1.82) is 0 Å². The number of ether oxygens (including phenoxy) is 1. The molecule has 160 valence electrons. The van der Waals surface area contributed by atoms with E-state index in [0.29, 0.717) is 12.0 Å². The number of alkyl halides is 1. The lowest BCUT2D eigenvalue weighted by Gasteiger charge is -2.54. The number of allylic oxidation sites excluding steroid dienone is 6. The lowest BCUT2D eigenvalue weighted by molar-refractivity contribution is -0.150. The van der Waals surface area contributed by atoms with Crippen molar-refractivity contribution in [1.82, 2.24) is 0 Å². The molecule has 3 fully saturated rings. The third-order valence-corrected chi connectivity index (χ3v) is 9.41. The van der Waals surface area contributed by atoms with Gasteiger partial charge >= 0.3 is 5.97 Å². The topological polar surface area (TPSA) is 60.4 Å². The molecule has 0 radical (unpaired) electrons. The normalized spacial score (nSPS) is 47.9. The highest BCUT2D eigenvalue weighted by molar-refractivity contribution is 6.01. The molecule has 3 saturated carbocycles. The standard InChI is InChI=1S/C25H29FO4/c1-14(27)30-12-21(29)25-13-22(25,2)11-19-16-10-20(26)18-9-15(28)5-7-23(18,3)17(16)6-8-24(19,25)4/h5-7,9,16,19-20H,8,10-13H2,1-4H3/t16?,19?,20?,22-,23-,24+,25+/m1/s1. The van der Waals surface area contributed by atoms with Crippen LogP contribution in [0, 0.1) is 33.5 Å². The first-order valence-corrected chi connectivity index (χ1v) is 11.0. The van der Waals surface area contributed by atoms with Gasteiger partial charge in [0.05, 0.1) is 0 Å². The van der Waals surface area contributed by atoms with Crippen LogP contribution in [0.25, 0.3) is 0 Å². The summed E-state index contributed by atoms with van der Waals surface area (Å²) in [5.74, 6) is -0.299. The van der Waals surface area contributed by atoms with E-state index in [-0.39, 0.29) is 40.8 Å². The van der Waals surface area contributed by atoms with Crippen LogP contribution in [0.5, 0.6) is 0 Å². The van der Waals surface area contributed by atoms with E-state index in [1.807, 2.05) is 13.0 Å². The minimum Gasteiger partial charge on any atom is -0.458 e. The average Bonchev–Trinajstić information content (AvgIpc) is 3.25. The summed E-state index contributed by atoms with van der Waals surface area (Å²) in [6.07, 6.45) is 8.83. The van der Waals surface area contributed by atoms with Gasteiger partial charge in [0.25, 0.3) is 0 Å². The quantitative estimate of drug-likeness (QED) is 0.512. The van der Waals surface area contributed by atoms with Crippen LogP contribution in [0.1, 0.15) is 53.4 Å². The van der Waals surface area contributed by atoms with Crippen LogP contribution in [0.3, 0.4) is 0 Å². The Labute approximate surface area is 176 Å². The number of carbonyl (C=O) groups excluding carboxylic acids is 3. The molecule has 0 spiro atoms. The molecule has 5 heteroatoms. The Balaban J connectivity index is 1.54. The number of rotatable bonds is 3. The fourth-order valence-corrected chi connectivity index (χ4v) is 7.97. The molecule has 0 saturated heterocycles. The van der Waals surface area contributed by atoms with E-state index in [4.69, 9.17) is 4.74 Å². The molecule has 0 aliphatic heterocycles. The third kappa shape index (κ3) is 2.19. The SMILES string of the molecule is CC(=O)OCC(=O)[C@@]12C[C@@]1(C)CC1C3CC(F)C4=CC(=O)C=C[C@]4(C)C3=CC[C@@]12C. The zero-order chi connectivity index (χ0) is 21.7. The second-order valence-electron chi connectivity index (χ2n) is 10.8. The minimum atomic E-state index is -1.15. The molecule has 0 N–H and O–H groups in total. The second kappa shape index (κ2) is 5.80. The molecule has 0 aromatic carbocycles. The predicted molar refractivity (Wildman–Crippen MR) is 109 cm³/mol. The smallest absolute Gasteiger partial charge is 0.303 e. The fourth-order valence-electron chi connectivity index (χ4n) is 7.97. The van der Waals surface area contributed by atoms with Crippen molar-refractivity contribution in [3.8, 4) is 0 Å². The lowest BCUT2D eigenvalue weighted by atomic mass is 9.50. The molecule has 0 amide bonds. The average molecular weight is 413 g/mol. The molecule has 0 heterocycles. The van der Waals surface area contributed by atoms with Crippen molar-refractivity contribution in [2.75, 3.05) is 6.61 Å². The first-order chi connectivity index (χ1) is 14.0. The van der Waals surface area contributed by atoms with Gasteiger partial charge in [-0.05, 0) is 73.0 Å². The maximum absolute atomic E-state index is 15.4. The molecule has 0 bridgehead atoms. The van der Waals surface area contributed by atoms with Crippen LogP contribution in [0.2, 0.25) is 0 Å². The van der Waals surface area contributed by atoms with E-state index in [2.05, 4.69) is 19.9 Å². The monoisotopic (exact) mass is 412 g/mol. The van der Waals surface area contributed by atoms with Gasteiger partial charge in [0.2, 0.25) is 0 Å². The number of Topliss-reactive ketones (excluding diaryl/α,β-unsaturated/α-hetero) is 1. The minimum absolute atomic E-state index is 0.0182.